The average Bonchev–Trinajstić information content (AvgIpc) is 3.30. The molecule has 1 unspecified atom stereocenters. The van der Waals surface area contributed by atoms with E-state index >= 15 is 0 Å². The van der Waals surface area contributed by atoms with Crippen molar-refractivity contribution in [2.45, 2.75) is 31.7 Å². The molecule has 1 aromatic carbocycles. The summed E-state index contributed by atoms with van der Waals surface area (Å²) in [5, 5.41) is 4.40. The molecule has 0 aliphatic carbocycles. The van der Waals surface area contributed by atoms with Crippen molar-refractivity contribution in [2.24, 2.45) is 7.05 Å². The van der Waals surface area contributed by atoms with E-state index in [4.69, 9.17) is 0 Å². The fraction of sp³-hybridized carbons (Fsp3) is 0.304. The third-order valence-electron chi connectivity index (χ3n) is 5.40. The molecule has 3 aromatic rings. The Kier molecular flexibility index (Phi) is 5.42. The summed E-state index contributed by atoms with van der Waals surface area (Å²) < 4.78 is 3.95. The molecule has 1 fully saturated rings. The molecule has 144 valence electrons. The largest absolute Gasteiger partial charge is 0.353 e. The second-order valence-corrected chi connectivity index (χ2v) is 7.33. The minimum atomic E-state index is 0.0700. The Hall–Kier alpha value is -3.08. The second kappa shape index (κ2) is 8.30. The minimum Gasteiger partial charge on any atom is -0.353 e. The molecule has 28 heavy (non-hydrogen) atoms. The van der Waals surface area contributed by atoms with Gasteiger partial charge in [0.15, 0.2) is 0 Å². The van der Waals surface area contributed by atoms with Crippen LogP contribution >= 0.6 is 0 Å². The average molecular weight is 374 g/mol. The second-order valence-electron chi connectivity index (χ2n) is 7.33. The van der Waals surface area contributed by atoms with Crippen LogP contribution in [0, 0.1) is 0 Å². The number of benzene rings is 1. The van der Waals surface area contributed by atoms with Crippen molar-refractivity contribution < 1.29 is 4.79 Å². The molecule has 0 saturated carbocycles. The molecule has 1 saturated heterocycles. The molecule has 4 rings (SSSR count). The highest BCUT2D eigenvalue weighted by atomic mass is 16.2. The summed E-state index contributed by atoms with van der Waals surface area (Å²) in [5.74, 6) is 0.0700. The van der Waals surface area contributed by atoms with Crippen molar-refractivity contribution in [1.82, 2.24) is 19.2 Å². The summed E-state index contributed by atoms with van der Waals surface area (Å²) in [7, 11) is 2.05. The van der Waals surface area contributed by atoms with Gasteiger partial charge in [0, 0.05) is 43.3 Å². The van der Waals surface area contributed by atoms with Crippen molar-refractivity contribution >= 4 is 12.0 Å². The van der Waals surface area contributed by atoms with E-state index in [2.05, 4.69) is 35.0 Å². The van der Waals surface area contributed by atoms with Crippen LogP contribution < -0.4 is 0 Å². The molecule has 1 amide bonds. The first kappa shape index (κ1) is 18.3. The van der Waals surface area contributed by atoms with Crippen LogP contribution in [0.2, 0.25) is 0 Å². The molecule has 5 nitrogen and oxygen atoms in total. The van der Waals surface area contributed by atoms with Crippen LogP contribution in [0.1, 0.15) is 43.0 Å². The highest BCUT2D eigenvalue weighted by molar-refractivity contribution is 5.92. The van der Waals surface area contributed by atoms with Crippen LogP contribution in [0.5, 0.6) is 0 Å². The number of nitrogens with zero attached hydrogens (tertiary/aromatic N) is 4. The fourth-order valence-electron chi connectivity index (χ4n) is 3.91. The van der Waals surface area contributed by atoms with E-state index in [9.17, 15) is 4.79 Å². The lowest BCUT2D eigenvalue weighted by molar-refractivity contribution is -0.128. The van der Waals surface area contributed by atoms with Crippen molar-refractivity contribution in [2.75, 3.05) is 6.54 Å². The number of carbonyl (C=O) groups excluding carboxylic acids is 1. The Labute approximate surface area is 165 Å². The van der Waals surface area contributed by atoms with E-state index in [1.165, 1.54) is 12.1 Å². The first-order valence-electron chi connectivity index (χ1n) is 9.92. The smallest absolute Gasteiger partial charge is 0.247 e. The number of para-hydroxylation sites is 1. The quantitative estimate of drug-likeness (QED) is 0.637. The Balaban J connectivity index is 1.51. The summed E-state index contributed by atoms with van der Waals surface area (Å²) >= 11 is 0. The van der Waals surface area contributed by atoms with Crippen LogP contribution in [0.15, 0.2) is 67.1 Å². The Morgan fingerprint density at radius 2 is 1.96 bits per heavy atom. The summed E-state index contributed by atoms with van der Waals surface area (Å²) in [4.78, 5) is 15.0. The third-order valence-corrected chi connectivity index (χ3v) is 5.40. The summed E-state index contributed by atoms with van der Waals surface area (Å²) in [6.45, 7) is 0.808. The van der Waals surface area contributed by atoms with Crippen LogP contribution in [-0.2, 0) is 11.8 Å². The van der Waals surface area contributed by atoms with Gasteiger partial charge in [-0.25, -0.2) is 4.68 Å². The Bertz CT molecular complexity index is 954. The molecule has 5 heteroatoms. The van der Waals surface area contributed by atoms with E-state index < -0.39 is 0 Å². The first-order chi connectivity index (χ1) is 13.7. The van der Waals surface area contributed by atoms with Crippen molar-refractivity contribution in [3.8, 4) is 5.69 Å². The van der Waals surface area contributed by atoms with E-state index in [1.807, 2.05) is 52.2 Å². The van der Waals surface area contributed by atoms with Gasteiger partial charge in [0.05, 0.1) is 17.9 Å². The predicted octanol–water partition coefficient (Wildman–Crippen LogP) is 4.37. The van der Waals surface area contributed by atoms with E-state index in [-0.39, 0.29) is 11.9 Å². The number of aromatic nitrogens is 3. The lowest BCUT2D eigenvalue weighted by Gasteiger charge is -2.29. The van der Waals surface area contributed by atoms with Gasteiger partial charge < -0.3 is 9.47 Å². The maximum atomic E-state index is 13.0. The molecule has 0 bridgehead atoms. The number of aryl methyl sites for hydroxylation is 1. The summed E-state index contributed by atoms with van der Waals surface area (Å²) in [6.07, 6.45) is 13.7. The molecule has 1 aliphatic rings. The maximum Gasteiger partial charge on any atom is 0.247 e. The Morgan fingerprint density at radius 1 is 1.11 bits per heavy atom. The van der Waals surface area contributed by atoms with Gasteiger partial charge in [0.2, 0.25) is 5.91 Å². The van der Waals surface area contributed by atoms with Gasteiger partial charge >= 0.3 is 0 Å². The van der Waals surface area contributed by atoms with Gasteiger partial charge in [0.1, 0.15) is 0 Å². The van der Waals surface area contributed by atoms with E-state index in [0.29, 0.717) is 0 Å². The van der Waals surface area contributed by atoms with Crippen molar-refractivity contribution in [3.63, 3.8) is 0 Å². The topological polar surface area (TPSA) is 43.1 Å². The number of rotatable bonds is 4. The van der Waals surface area contributed by atoms with Gasteiger partial charge in [-0.1, -0.05) is 31.0 Å². The highest BCUT2D eigenvalue weighted by Crippen LogP contribution is 2.30. The SMILES string of the molecule is Cn1cccc1C1CCCCCN1C(=O)/C=C/c1cnn(-c2ccccc2)c1. The monoisotopic (exact) mass is 374 g/mol. The van der Waals surface area contributed by atoms with Gasteiger partial charge in [-0.15, -0.1) is 0 Å². The fourth-order valence-corrected chi connectivity index (χ4v) is 3.91. The van der Waals surface area contributed by atoms with Gasteiger partial charge in [-0.05, 0) is 43.2 Å². The zero-order valence-electron chi connectivity index (χ0n) is 16.2. The van der Waals surface area contributed by atoms with Gasteiger partial charge in [0.25, 0.3) is 0 Å². The molecule has 0 N–H and O–H groups in total. The number of carbonyl (C=O) groups is 1. The van der Waals surface area contributed by atoms with Crippen LogP contribution in [-0.4, -0.2) is 31.7 Å². The van der Waals surface area contributed by atoms with Crippen LogP contribution in [0.4, 0.5) is 0 Å². The zero-order valence-corrected chi connectivity index (χ0v) is 16.2. The van der Waals surface area contributed by atoms with Gasteiger partial charge in [-0.3, -0.25) is 4.79 Å². The number of hydrogen-bond donors (Lipinski definition) is 0. The lowest BCUT2D eigenvalue weighted by Crippen LogP contribution is -2.34. The zero-order chi connectivity index (χ0) is 19.3. The minimum absolute atomic E-state index is 0.0700. The third kappa shape index (κ3) is 3.93. The highest BCUT2D eigenvalue weighted by Gasteiger charge is 2.26. The number of likely N-dealkylation sites (tertiary alicyclic amines) is 1. The lowest BCUT2D eigenvalue weighted by atomic mass is 10.1. The van der Waals surface area contributed by atoms with Crippen molar-refractivity contribution in [3.05, 3.63) is 78.4 Å². The number of amides is 1. The van der Waals surface area contributed by atoms with Gasteiger partial charge in [-0.2, -0.15) is 5.10 Å². The standard InChI is InChI=1S/C23H26N4O/c1-25-15-8-12-21(25)22-11-6-3-7-16-26(22)23(28)14-13-19-17-24-27(18-19)20-9-4-2-5-10-20/h2,4-5,8-10,12-15,17-18,22H,3,6-7,11,16H2,1H3/b14-13+. The predicted molar refractivity (Wildman–Crippen MR) is 111 cm³/mol. The molecule has 2 aromatic heterocycles. The summed E-state index contributed by atoms with van der Waals surface area (Å²) in [6, 6.07) is 14.3. The maximum absolute atomic E-state index is 13.0. The van der Waals surface area contributed by atoms with E-state index in [1.54, 1.807) is 12.3 Å². The molecule has 0 radical (unpaired) electrons. The van der Waals surface area contributed by atoms with Crippen molar-refractivity contribution in [1.29, 1.82) is 0 Å². The number of hydrogen-bond acceptors (Lipinski definition) is 2. The molecule has 1 aliphatic heterocycles. The molecule has 1 atom stereocenters. The molecular weight excluding hydrogens is 348 g/mol. The molecule has 0 spiro atoms. The van der Waals surface area contributed by atoms with Crippen LogP contribution in [0.25, 0.3) is 11.8 Å². The van der Waals surface area contributed by atoms with E-state index in [0.717, 1.165) is 37.1 Å². The Morgan fingerprint density at radius 3 is 2.75 bits per heavy atom. The molecular formula is C23H26N4O. The molecule has 3 heterocycles. The first-order valence-corrected chi connectivity index (χ1v) is 9.92. The summed E-state index contributed by atoms with van der Waals surface area (Å²) in [5.41, 5.74) is 3.13. The van der Waals surface area contributed by atoms with Crippen LogP contribution in [0.3, 0.4) is 0 Å². The normalized spacial score (nSPS) is 17.8.